The number of nitrogens with one attached hydrogen (secondary N) is 1. The lowest BCUT2D eigenvalue weighted by atomic mass is 9.87. The van der Waals surface area contributed by atoms with Crippen molar-refractivity contribution < 1.29 is 18.7 Å². The summed E-state index contributed by atoms with van der Waals surface area (Å²) in [4.78, 5) is 14.5. The van der Waals surface area contributed by atoms with Crippen molar-refractivity contribution in [2.24, 2.45) is 0 Å². The first-order chi connectivity index (χ1) is 11.5. The van der Waals surface area contributed by atoms with E-state index in [1.54, 1.807) is 13.2 Å². The largest absolute Gasteiger partial charge is 0.378 e. The minimum absolute atomic E-state index is 0.0878. The topological polar surface area (TPSA) is 50.8 Å². The maximum atomic E-state index is 13.3. The highest BCUT2D eigenvalue weighted by Crippen LogP contribution is 2.36. The van der Waals surface area contributed by atoms with Gasteiger partial charge in [-0.25, -0.2) is 4.39 Å². The van der Waals surface area contributed by atoms with Crippen LogP contribution in [0.3, 0.4) is 0 Å². The van der Waals surface area contributed by atoms with Crippen molar-refractivity contribution in [2.45, 2.75) is 37.9 Å². The molecule has 132 valence electrons. The highest BCUT2D eigenvalue weighted by Gasteiger charge is 2.47. The van der Waals surface area contributed by atoms with E-state index in [0.29, 0.717) is 12.2 Å². The van der Waals surface area contributed by atoms with Gasteiger partial charge in [0, 0.05) is 32.5 Å². The van der Waals surface area contributed by atoms with E-state index in [0.717, 1.165) is 38.0 Å². The molecule has 0 aromatic heterocycles. The zero-order chi connectivity index (χ0) is 17.2. The zero-order valence-electron chi connectivity index (χ0n) is 14.3. The van der Waals surface area contributed by atoms with E-state index in [1.165, 1.54) is 12.1 Å². The van der Waals surface area contributed by atoms with Gasteiger partial charge in [0.15, 0.2) is 0 Å². The molecule has 5 nitrogen and oxygen atoms in total. The van der Waals surface area contributed by atoms with Crippen LogP contribution in [0, 0.1) is 12.7 Å². The molecule has 1 aromatic carbocycles. The number of piperidine rings is 1. The summed E-state index contributed by atoms with van der Waals surface area (Å²) in [5.41, 5.74) is 1.08. The minimum Gasteiger partial charge on any atom is -0.378 e. The number of ether oxygens (including phenoxy) is 2. The number of aryl methyl sites for hydroxylation is 1. The number of hydrogen-bond acceptors (Lipinski definition) is 4. The van der Waals surface area contributed by atoms with Crippen molar-refractivity contribution in [2.75, 3.05) is 38.7 Å². The molecule has 0 aliphatic carbocycles. The third-order valence-corrected chi connectivity index (χ3v) is 5.04. The molecule has 0 radical (unpaired) electrons. The molecule has 24 heavy (non-hydrogen) atoms. The van der Waals surface area contributed by atoms with Crippen molar-refractivity contribution in [3.8, 4) is 0 Å². The first-order valence-corrected chi connectivity index (χ1v) is 8.47. The molecule has 1 aromatic rings. The van der Waals surface area contributed by atoms with E-state index in [4.69, 9.17) is 9.47 Å². The summed E-state index contributed by atoms with van der Waals surface area (Å²) in [5, 5.41) is 2.81. The number of nitrogens with zero attached hydrogens (tertiary/aromatic N) is 1. The number of carbonyl (C=O) groups excluding carboxylic acids is 1. The van der Waals surface area contributed by atoms with Crippen LogP contribution in [0.1, 0.15) is 24.8 Å². The summed E-state index contributed by atoms with van der Waals surface area (Å²) in [6.45, 7) is 4.36. The van der Waals surface area contributed by atoms with Crippen LogP contribution in [0.2, 0.25) is 0 Å². The quantitative estimate of drug-likeness (QED) is 0.917. The van der Waals surface area contributed by atoms with Crippen LogP contribution in [0.5, 0.6) is 0 Å². The number of halogens is 1. The molecular weight excluding hydrogens is 311 g/mol. The van der Waals surface area contributed by atoms with Crippen molar-refractivity contribution in [1.82, 2.24) is 4.90 Å². The number of benzene rings is 1. The molecule has 2 fully saturated rings. The van der Waals surface area contributed by atoms with E-state index < -0.39 is 0 Å². The van der Waals surface area contributed by atoms with Gasteiger partial charge >= 0.3 is 0 Å². The maximum Gasteiger partial charge on any atom is 0.238 e. The average Bonchev–Trinajstić information content (AvgIpc) is 3.00. The van der Waals surface area contributed by atoms with Crippen molar-refractivity contribution in [3.05, 3.63) is 29.6 Å². The molecule has 0 bridgehead atoms. The van der Waals surface area contributed by atoms with E-state index in [1.807, 2.05) is 6.92 Å². The predicted molar refractivity (Wildman–Crippen MR) is 89.5 cm³/mol. The molecule has 2 unspecified atom stereocenters. The summed E-state index contributed by atoms with van der Waals surface area (Å²) >= 11 is 0. The standard InChI is InChI=1S/C18H25FN2O3/c1-13-4-5-14(19)10-15(13)20-17(22)11-21-8-6-16(23-2)18(12-21)7-3-9-24-18/h4-5,10,16H,3,6-9,11-12H2,1-2H3,(H,20,22). The predicted octanol–water partition coefficient (Wildman–Crippen LogP) is 2.34. The van der Waals surface area contributed by atoms with Gasteiger partial charge in [0.05, 0.1) is 12.6 Å². The first-order valence-electron chi connectivity index (χ1n) is 8.47. The number of rotatable bonds is 4. The van der Waals surface area contributed by atoms with Gasteiger partial charge in [-0.2, -0.15) is 0 Å². The van der Waals surface area contributed by atoms with Gasteiger partial charge in [-0.1, -0.05) is 6.07 Å². The van der Waals surface area contributed by atoms with Crippen LogP contribution in [-0.2, 0) is 14.3 Å². The van der Waals surface area contributed by atoms with Crippen LogP contribution in [0.4, 0.5) is 10.1 Å². The van der Waals surface area contributed by atoms with E-state index in [-0.39, 0.29) is 30.0 Å². The van der Waals surface area contributed by atoms with Crippen LogP contribution in [0.25, 0.3) is 0 Å². The second kappa shape index (κ2) is 7.17. The van der Waals surface area contributed by atoms with Crippen LogP contribution >= 0.6 is 0 Å². The molecule has 2 saturated heterocycles. The number of amides is 1. The molecule has 1 N–H and O–H groups in total. The van der Waals surface area contributed by atoms with Gasteiger partial charge in [0.2, 0.25) is 5.91 Å². The third-order valence-electron chi connectivity index (χ3n) is 5.04. The Morgan fingerprint density at radius 3 is 3.08 bits per heavy atom. The fraction of sp³-hybridized carbons (Fsp3) is 0.611. The zero-order valence-corrected chi connectivity index (χ0v) is 14.3. The van der Waals surface area contributed by atoms with Crippen LogP contribution < -0.4 is 5.32 Å². The molecule has 1 amide bonds. The average molecular weight is 336 g/mol. The Morgan fingerprint density at radius 2 is 2.38 bits per heavy atom. The molecule has 2 aliphatic rings. The molecule has 0 saturated carbocycles. The molecular formula is C18H25FN2O3. The van der Waals surface area contributed by atoms with Gasteiger partial charge in [0.25, 0.3) is 0 Å². The van der Waals surface area contributed by atoms with E-state index in [2.05, 4.69) is 10.2 Å². The molecule has 3 rings (SSSR count). The molecule has 1 spiro atoms. The Kier molecular flexibility index (Phi) is 5.18. The molecule has 2 aliphatic heterocycles. The Balaban J connectivity index is 1.61. The van der Waals surface area contributed by atoms with Crippen LogP contribution in [-0.4, -0.2) is 55.9 Å². The van der Waals surface area contributed by atoms with Gasteiger partial charge in [-0.05, 0) is 43.9 Å². The second-order valence-corrected chi connectivity index (χ2v) is 6.75. The minimum atomic E-state index is -0.352. The summed E-state index contributed by atoms with van der Waals surface area (Å²) < 4.78 is 25.0. The lowest BCUT2D eigenvalue weighted by Crippen LogP contribution is -2.58. The monoisotopic (exact) mass is 336 g/mol. The lowest BCUT2D eigenvalue weighted by Gasteiger charge is -2.44. The van der Waals surface area contributed by atoms with Crippen molar-refractivity contribution in [3.63, 3.8) is 0 Å². The number of likely N-dealkylation sites (tertiary alicyclic amines) is 1. The van der Waals surface area contributed by atoms with Gasteiger partial charge in [0.1, 0.15) is 11.4 Å². The molecule has 6 heteroatoms. The van der Waals surface area contributed by atoms with Gasteiger partial charge in [-0.3, -0.25) is 9.69 Å². The lowest BCUT2D eigenvalue weighted by molar-refractivity contribution is -0.146. The van der Waals surface area contributed by atoms with E-state index >= 15 is 0 Å². The third kappa shape index (κ3) is 3.61. The fourth-order valence-electron chi connectivity index (χ4n) is 3.81. The van der Waals surface area contributed by atoms with Crippen molar-refractivity contribution >= 4 is 11.6 Å². The highest BCUT2D eigenvalue weighted by atomic mass is 19.1. The molecule has 2 atom stereocenters. The Hall–Kier alpha value is -1.50. The number of carbonyl (C=O) groups is 1. The highest BCUT2D eigenvalue weighted by molar-refractivity contribution is 5.92. The Bertz CT molecular complexity index is 602. The maximum absolute atomic E-state index is 13.3. The smallest absolute Gasteiger partial charge is 0.238 e. The molecule has 2 heterocycles. The first kappa shape index (κ1) is 17.3. The summed E-state index contributed by atoms with van der Waals surface area (Å²) in [7, 11) is 1.73. The van der Waals surface area contributed by atoms with Crippen molar-refractivity contribution in [1.29, 1.82) is 0 Å². The normalized spacial score (nSPS) is 27.5. The fourth-order valence-corrected chi connectivity index (χ4v) is 3.81. The van der Waals surface area contributed by atoms with Crippen LogP contribution in [0.15, 0.2) is 18.2 Å². The Labute approximate surface area is 142 Å². The Morgan fingerprint density at radius 1 is 1.54 bits per heavy atom. The second-order valence-electron chi connectivity index (χ2n) is 6.75. The summed E-state index contributed by atoms with van der Waals surface area (Å²) in [5.74, 6) is -0.483. The number of methoxy groups -OCH3 is 1. The number of anilines is 1. The van der Waals surface area contributed by atoms with E-state index in [9.17, 15) is 9.18 Å². The van der Waals surface area contributed by atoms with Gasteiger partial charge in [-0.15, -0.1) is 0 Å². The summed E-state index contributed by atoms with van der Waals surface area (Å²) in [6, 6.07) is 4.41. The number of hydrogen-bond donors (Lipinski definition) is 1. The SMILES string of the molecule is COC1CCN(CC(=O)Nc2cc(F)ccc2C)CC12CCCO2. The summed E-state index contributed by atoms with van der Waals surface area (Å²) in [6.07, 6.45) is 2.93. The van der Waals surface area contributed by atoms with Gasteiger partial charge < -0.3 is 14.8 Å².